The van der Waals surface area contributed by atoms with Gasteiger partial charge in [-0.15, -0.1) is 0 Å². The van der Waals surface area contributed by atoms with Gasteiger partial charge in [-0.3, -0.25) is 9.59 Å². The van der Waals surface area contributed by atoms with Gasteiger partial charge in [-0.05, 0) is 74.8 Å². The minimum absolute atomic E-state index is 0.00265. The largest absolute Gasteiger partial charge is 0.484 e. The van der Waals surface area contributed by atoms with Crippen LogP contribution in [0.5, 0.6) is 5.75 Å². The molecule has 7 atom stereocenters. The quantitative estimate of drug-likeness (QED) is 0.620. The summed E-state index contributed by atoms with van der Waals surface area (Å²) in [5.41, 5.74) is 0.0368. The van der Waals surface area contributed by atoms with Crippen LogP contribution in [0.1, 0.15) is 60.3 Å². The van der Waals surface area contributed by atoms with E-state index in [1.165, 1.54) is 0 Å². The van der Waals surface area contributed by atoms with Crippen molar-refractivity contribution in [3.8, 4) is 5.75 Å². The van der Waals surface area contributed by atoms with Crippen LogP contribution in [0.25, 0.3) is 0 Å². The van der Waals surface area contributed by atoms with Crippen LogP contribution in [0.3, 0.4) is 0 Å². The van der Waals surface area contributed by atoms with Gasteiger partial charge in [-0.25, -0.2) is 0 Å². The van der Waals surface area contributed by atoms with Gasteiger partial charge in [-0.1, -0.05) is 39.0 Å². The van der Waals surface area contributed by atoms with E-state index in [9.17, 15) is 14.7 Å². The molecule has 1 aromatic carbocycles. The smallest absolute Gasteiger partial charge is 0.258 e. The van der Waals surface area contributed by atoms with E-state index in [2.05, 4.69) is 19.2 Å². The van der Waals surface area contributed by atoms with Gasteiger partial charge in [0.05, 0.1) is 6.10 Å². The molecule has 6 heteroatoms. The number of benzene rings is 1. The zero-order valence-corrected chi connectivity index (χ0v) is 20.9. The number of aliphatic hydroxyl groups is 1. The van der Waals surface area contributed by atoms with Crippen molar-refractivity contribution in [2.24, 2.45) is 29.1 Å². The fourth-order valence-electron chi connectivity index (χ4n) is 6.42. The lowest BCUT2D eigenvalue weighted by Gasteiger charge is -2.56. The van der Waals surface area contributed by atoms with E-state index in [0.717, 1.165) is 25.7 Å². The molecular formula is C27H42N2O4. The van der Waals surface area contributed by atoms with Crippen LogP contribution < -0.4 is 10.1 Å². The molecule has 2 saturated carbocycles. The molecular weight excluding hydrogens is 416 g/mol. The molecule has 0 aliphatic heterocycles. The number of aliphatic hydroxyl groups excluding tert-OH is 1. The Labute approximate surface area is 199 Å². The third-order valence-corrected chi connectivity index (χ3v) is 8.45. The van der Waals surface area contributed by atoms with Crippen molar-refractivity contribution < 1.29 is 19.4 Å². The Bertz CT molecular complexity index is 797. The van der Waals surface area contributed by atoms with Crippen molar-refractivity contribution in [3.05, 3.63) is 30.3 Å². The fourth-order valence-corrected chi connectivity index (χ4v) is 6.42. The number of para-hydroxylation sites is 1. The summed E-state index contributed by atoms with van der Waals surface area (Å²) in [6.07, 6.45) is 3.20. The Hall–Kier alpha value is -2.08. The lowest BCUT2D eigenvalue weighted by Crippen LogP contribution is -2.59. The first-order valence-corrected chi connectivity index (χ1v) is 12.7. The third-order valence-electron chi connectivity index (χ3n) is 8.45. The molecule has 2 N–H and O–H groups in total. The van der Waals surface area contributed by atoms with Crippen LogP contribution in [0.4, 0.5) is 0 Å². The SMILES string of the molecule is CCN(CC)C(=O)[C@@H](C)C1CC[C@@]2(C)CC[C@H](NC(=O)COc3ccccc3)[C@@H](C)[C@@H]2[C@H]1O. The molecule has 2 amide bonds. The molecule has 3 rings (SSSR count). The van der Waals surface area contributed by atoms with Crippen LogP contribution in [0.2, 0.25) is 0 Å². The van der Waals surface area contributed by atoms with Gasteiger partial charge in [0, 0.05) is 25.0 Å². The molecule has 1 unspecified atom stereocenters. The summed E-state index contributed by atoms with van der Waals surface area (Å²) in [6.45, 7) is 11.8. The van der Waals surface area contributed by atoms with E-state index in [1.807, 2.05) is 56.0 Å². The van der Waals surface area contributed by atoms with E-state index < -0.39 is 6.10 Å². The van der Waals surface area contributed by atoms with Gasteiger partial charge in [0.2, 0.25) is 5.91 Å². The second-order valence-corrected chi connectivity index (χ2v) is 10.3. The maximum absolute atomic E-state index is 13.0. The van der Waals surface area contributed by atoms with E-state index in [-0.39, 0.29) is 53.5 Å². The van der Waals surface area contributed by atoms with Crippen molar-refractivity contribution in [1.82, 2.24) is 10.2 Å². The van der Waals surface area contributed by atoms with Crippen LogP contribution in [0, 0.1) is 29.1 Å². The summed E-state index contributed by atoms with van der Waals surface area (Å²) in [5.74, 6) is 0.607. The predicted octanol–water partition coefficient (Wildman–Crippen LogP) is 3.88. The van der Waals surface area contributed by atoms with E-state index in [0.29, 0.717) is 18.8 Å². The zero-order valence-electron chi connectivity index (χ0n) is 20.9. The normalized spacial score (nSPS) is 32.4. The number of rotatable bonds is 8. The second-order valence-electron chi connectivity index (χ2n) is 10.3. The van der Waals surface area contributed by atoms with Crippen LogP contribution in [0.15, 0.2) is 30.3 Å². The van der Waals surface area contributed by atoms with Crippen molar-refractivity contribution in [2.45, 2.75) is 72.4 Å². The molecule has 33 heavy (non-hydrogen) atoms. The van der Waals surface area contributed by atoms with Crippen molar-refractivity contribution >= 4 is 11.8 Å². The minimum Gasteiger partial charge on any atom is -0.484 e. The number of nitrogens with zero attached hydrogens (tertiary/aromatic N) is 1. The molecule has 2 aliphatic carbocycles. The number of nitrogens with one attached hydrogen (secondary N) is 1. The maximum Gasteiger partial charge on any atom is 0.258 e. The average Bonchev–Trinajstić information content (AvgIpc) is 2.81. The first-order valence-electron chi connectivity index (χ1n) is 12.7. The van der Waals surface area contributed by atoms with Crippen molar-refractivity contribution in [2.75, 3.05) is 19.7 Å². The highest BCUT2D eigenvalue weighted by molar-refractivity contribution is 5.79. The third kappa shape index (κ3) is 5.53. The number of ether oxygens (including phenoxy) is 1. The minimum atomic E-state index is -0.548. The number of amides is 2. The molecule has 2 fully saturated rings. The summed E-state index contributed by atoms with van der Waals surface area (Å²) in [6, 6.07) is 9.33. The lowest BCUT2D eigenvalue weighted by atomic mass is 9.51. The van der Waals surface area contributed by atoms with Gasteiger partial charge >= 0.3 is 0 Å². The van der Waals surface area contributed by atoms with Gasteiger partial charge < -0.3 is 20.1 Å². The van der Waals surface area contributed by atoms with Crippen LogP contribution in [-0.2, 0) is 9.59 Å². The molecule has 2 aliphatic rings. The molecule has 6 nitrogen and oxygen atoms in total. The monoisotopic (exact) mass is 458 g/mol. The Morgan fingerprint density at radius 2 is 1.82 bits per heavy atom. The Balaban J connectivity index is 1.65. The first kappa shape index (κ1) is 25.5. The predicted molar refractivity (Wildman–Crippen MR) is 130 cm³/mol. The zero-order chi connectivity index (χ0) is 24.2. The van der Waals surface area contributed by atoms with Gasteiger partial charge in [0.25, 0.3) is 5.91 Å². The molecule has 0 saturated heterocycles. The molecule has 0 radical (unpaired) electrons. The van der Waals surface area contributed by atoms with Gasteiger partial charge in [0.15, 0.2) is 6.61 Å². The van der Waals surface area contributed by atoms with Crippen molar-refractivity contribution in [3.63, 3.8) is 0 Å². The molecule has 0 heterocycles. The van der Waals surface area contributed by atoms with Gasteiger partial charge in [0.1, 0.15) is 5.75 Å². The summed E-state index contributed by atoms with van der Waals surface area (Å²) in [5, 5.41) is 14.7. The highest BCUT2D eigenvalue weighted by atomic mass is 16.5. The average molecular weight is 459 g/mol. The fraction of sp³-hybridized carbons (Fsp3) is 0.704. The van der Waals surface area contributed by atoms with Gasteiger partial charge in [-0.2, -0.15) is 0 Å². The number of hydrogen-bond donors (Lipinski definition) is 2. The number of fused-ring (bicyclic) bond motifs is 1. The molecule has 0 bridgehead atoms. The standard InChI is InChI=1S/C27H42N2O4/c1-6-29(7-2)26(32)18(3)21-13-15-27(5)16-14-22(19(4)24(27)25(21)31)28-23(30)17-33-20-11-9-8-10-12-20/h8-12,18-19,21-22,24-25,31H,6-7,13-17H2,1-5H3,(H,28,30)/t18-,19+,21?,22-,24+,25-,27-/m0/s1. The maximum atomic E-state index is 13.0. The lowest BCUT2D eigenvalue weighted by molar-refractivity contribution is -0.150. The van der Waals surface area contributed by atoms with Crippen LogP contribution >= 0.6 is 0 Å². The molecule has 1 aromatic rings. The second kappa shape index (κ2) is 10.9. The van der Waals surface area contributed by atoms with E-state index in [1.54, 1.807) is 0 Å². The summed E-state index contributed by atoms with van der Waals surface area (Å²) in [4.78, 5) is 27.5. The topological polar surface area (TPSA) is 78.9 Å². The van der Waals surface area contributed by atoms with Crippen LogP contribution in [-0.4, -0.2) is 53.7 Å². The first-order chi connectivity index (χ1) is 15.7. The van der Waals surface area contributed by atoms with E-state index in [4.69, 9.17) is 4.74 Å². The summed E-state index contributed by atoms with van der Waals surface area (Å²) >= 11 is 0. The molecule has 184 valence electrons. The molecule has 0 aromatic heterocycles. The Morgan fingerprint density at radius 1 is 1.18 bits per heavy atom. The number of carbonyl (C=O) groups is 2. The van der Waals surface area contributed by atoms with E-state index >= 15 is 0 Å². The number of carbonyl (C=O) groups excluding carboxylic acids is 2. The van der Waals surface area contributed by atoms with Crippen molar-refractivity contribution in [1.29, 1.82) is 0 Å². The highest BCUT2D eigenvalue weighted by Gasteiger charge is 2.54. The number of hydrogen-bond acceptors (Lipinski definition) is 4. The summed E-state index contributed by atoms with van der Waals surface area (Å²) in [7, 11) is 0. The summed E-state index contributed by atoms with van der Waals surface area (Å²) < 4.78 is 5.61. The Kier molecular flexibility index (Phi) is 8.43. The molecule has 0 spiro atoms. The highest BCUT2D eigenvalue weighted by Crippen LogP contribution is 2.55. The Morgan fingerprint density at radius 3 is 2.45 bits per heavy atom.